The Morgan fingerprint density at radius 1 is 1.55 bits per heavy atom. The highest BCUT2D eigenvalue weighted by Gasteiger charge is 2.37. The van der Waals surface area contributed by atoms with Crippen molar-refractivity contribution in [2.24, 2.45) is 5.92 Å². The summed E-state index contributed by atoms with van der Waals surface area (Å²) in [5.41, 5.74) is 0. The molecule has 7 nitrogen and oxygen atoms in total. The van der Waals surface area contributed by atoms with E-state index in [4.69, 9.17) is 9.47 Å². The molecule has 2 unspecified atom stereocenters. The first-order valence-corrected chi connectivity index (χ1v) is 6.61. The van der Waals surface area contributed by atoms with Crippen LogP contribution in [0.4, 0.5) is 5.82 Å². The quantitative estimate of drug-likeness (QED) is 0.825. The smallest absolute Gasteiger partial charge is 0.311 e. The topological polar surface area (TPSA) is 84.8 Å². The van der Waals surface area contributed by atoms with Gasteiger partial charge >= 0.3 is 5.97 Å². The summed E-state index contributed by atoms with van der Waals surface area (Å²) in [6.45, 7) is 3.18. The average Bonchev–Trinajstić information content (AvgIpc) is 2.94. The fourth-order valence-electron chi connectivity index (χ4n) is 2.11. The number of rotatable bonds is 6. The van der Waals surface area contributed by atoms with Gasteiger partial charge in [0.2, 0.25) is 5.88 Å². The molecule has 1 N–H and O–H groups in total. The molecule has 2 heterocycles. The standard InChI is InChI=1S/C13H19N3O4/c1-3-4-20-12-6-14-5-11(15-12)16(2)10-8-19-7-9(10)13(17)18/h5-6,9-10H,3-4,7-8H2,1-2H3,(H,17,18). The van der Waals surface area contributed by atoms with Crippen molar-refractivity contribution in [1.29, 1.82) is 0 Å². The van der Waals surface area contributed by atoms with Gasteiger partial charge in [0.1, 0.15) is 5.92 Å². The second-order valence-electron chi connectivity index (χ2n) is 4.72. The van der Waals surface area contributed by atoms with Crippen LogP contribution in [0.2, 0.25) is 0 Å². The number of hydrogen-bond acceptors (Lipinski definition) is 6. The van der Waals surface area contributed by atoms with Crippen molar-refractivity contribution in [2.75, 3.05) is 31.8 Å². The molecule has 0 bridgehead atoms. The third kappa shape index (κ3) is 3.16. The van der Waals surface area contributed by atoms with E-state index in [1.54, 1.807) is 24.3 Å². The number of carboxylic acids is 1. The summed E-state index contributed by atoms with van der Waals surface area (Å²) in [4.78, 5) is 21.4. The molecule has 1 aliphatic rings. The molecule has 1 aromatic rings. The van der Waals surface area contributed by atoms with Gasteiger partial charge in [-0.25, -0.2) is 0 Å². The molecule has 0 radical (unpaired) electrons. The Morgan fingerprint density at radius 2 is 2.35 bits per heavy atom. The summed E-state index contributed by atoms with van der Waals surface area (Å²) >= 11 is 0. The normalized spacial score (nSPS) is 21.7. The number of hydrogen-bond donors (Lipinski definition) is 1. The molecule has 2 atom stereocenters. The molecule has 0 spiro atoms. The van der Waals surface area contributed by atoms with Gasteiger partial charge in [0.15, 0.2) is 5.82 Å². The van der Waals surface area contributed by atoms with Crippen molar-refractivity contribution in [3.8, 4) is 5.88 Å². The SMILES string of the molecule is CCCOc1cncc(N(C)C2COCC2C(=O)O)n1. The van der Waals surface area contributed by atoms with Crippen molar-refractivity contribution < 1.29 is 19.4 Å². The lowest BCUT2D eigenvalue weighted by Gasteiger charge is -2.27. The minimum atomic E-state index is -0.856. The van der Waals surface area contributed by atoms with Crippen LogP contribution in [0.1, 0.15) is 13.3 Å². The molecule has 0 amide bonds. The molecular weight excluding hydrogens is 262 g/mol. The zero-order valence-electron chi connectivity index (χ0n) is 11.7. The number of nitrogens with zero attached hydrogens (tertiary/aromatic N) is 3. The molecular formula is C13H19N3O4. The Labute approximate surface area is 117 Å². The van der Waals surface area contributed by atoms with Crippen LogP contribution in [0.3, 0.4) is 0 Å². The summed E-state index contributed by atoms with van der Waals surface area (Å²) < 4.78 is 10.7. The molecule has 110 valence electrons. The molecule has 7 heteroatoms. The fourth-order valence-corrected chi connectivity index (χ4v) is 2.11. The number of carboxylic acid groups (broad SMARTS) is 1. The van der Waals surface area contributed by atoms with E-state index in [0.29, 0.717) is 24.9 Å². The first-order chi connectivity index (χ1) is 9.63. The van der Waals surface area contributed by atoms with Gasteiger partial charge in [-0.05, 0) is 6.42 Å². The van der Waals surface area contributed by atoms with E-state index in [1.165, 1.54) is 0 Å². The minimum absolute atomic E-state index is 0.226. The summed E-state index contributed by atoms with van der Waals surface area (Å²) in [5.74, 6) is -0.380. The molecule has 0 saturated carbocycles. The Morgan fingerprint density at radius 3 is 3.05 bits per heavy atom. The maximum absolute atomic E-state index is 11.2. The maximum atomic E-state index is 11.2. The van der Waals surface area contributed by atoms with Gasteiger partial charge in [0, 0.05) is 7.05 Å². The number of aromatic nitrogens is 2. The Hall–Kier alpha value is -1.89. The van der Waals surface area contributed by atoms with Crippen molar-refractivity contribution >= 4 is 11.8 Å². The average molecular weight is 281 g/mol. The second kappa shape index (κ2) is 6.51. The molecule has 0 aliphatic carbocycles. The van der Waals surface area contributed by atoms with Crippen LogP contribution in [0.25, 0.3) is 0 Å². The van der Waals surface area contributed by atoms with E-state index < -0.39 is 11.9 Å². The molecule has 1 saturated heterocycles. The predicted molar refractivity (Wildman–Crippen MR) is 72.0 cm³/mol. The second-order valence-corrected chi connectivity index (χ2v) is 4.72. The lowest BCUT2D eigenvalue weighted by Crippen LogP contribution is -2.41. The Balaban J connectivity index is 2.11. The van der Waals surface area contributed by atoms with E-state index in [0.717, 1.165) is 6.42 Å². The highest BCUT2D eigenvalue weighted by Crippen LogP contribution is 2.23. The molecule has 2 rings (SSSR count). The summed E-state index contributed by atoms with van der Waals surface area (Å²) in [5, 5.41) is 9.18. The van der Waals surface area contributed by atoms with E-state index in [9.17, 15) is 9.90 Å². The third-order valence-corrected chi connectivity index (χ3v) is 3.28. The van der Waals surface area contributed by atoms with Crippen LogP contribution < -0.4 is 9.64 Å². The highest BCUT2D eigenvalue weighted by molar-refractivity contribution is 5.72. The van der Waals surface area contributed by atoms with Gasteiger partial charge < -0.3 is 19.5 Å². The van der Waals surface area contributed by atoms with Crippen LogP contribution in [0, 0.1) is 5.92 Å². The zero-order valence-corrected chi connectivity index (χ0v) is 11.7. The van der Waals surface area contributed by atoms with E-state index in [-0.39, 0.29) is 12.6 Å². The zero-order chi connectivity index (χ0) is 14.5. The monoisotopic (exact) mass is 281 g/mol. The van der Waals surface area contributed by atoms with Gasteiger partial charge in [-0.15, -0.1) is 0 Å². The van der Waals surface area contributed by atoms with E-state index in [2.05, 4.69) is 9.97 Å². The molecule has 0 aromatic carbocycles. The summed E-state index contributed by atoms with van der Waals surface area (Å²) in [6, 6.07) is -0.247. The Bertz CT molecular complexity index is 469. The van der Waals surface area contributed by atoms with E-state index in [1.807, 2.05) is 6.92 Å². The number of carbonyl (C=O) groups is 1. The van der Waals surface area contributed by atoms with E-state index >= 15 is 0 Å². The number of likely N-dealkylation sites (N-methyl/N-ethyl adjacent to an activating group) is 1. The van der Waals surface area contributed by atoms with Crippen LogP contribution in [0.5, 0.6) is 5.88 Å². The lowest BCUT2D eigenvalue weighted by molar-refractivity contribution is -0.141. The number of ether oxygens (including phenoxy) is 2. The molecule has 1 fully saturated rings. The van der Waals surface area contributed by atoms with Gasteiger partial charge in [0.05, 0.1) is 38.3 Å². The largest absolute Gasteiger partial charge is 0.481 e. The third-order valence-electron chi connectivity index (χ3n) is 3.28. The van der Waals surface area contributed by atoms with Crippen LogP contribution >= 0.6 is 0 Å². The fraction of sp³-hybridized carbons (Fsp3) is 0.615. The lowest BCUT2D eigenvalue weighted by atomic mass is 10.0. The summed E-state index contributed by atoms with van der Waals surface area (Å²) in [7, 11) is 1.79. The van der Waals surface area contributed by atoms with Crippen LogP contribution in [-0.2, 0) is 9.53 Å². The van der Waals surface area contributed by atoms with Gasteiger partial charge in [0.25, 0.3) is 0 Å². The molecule has 20 heavy (non-hydrogen) atoms. The van der Waals surface area contributed by atoms with Crippen molar-refractivity contribution in [3.63, 3.8) is 0 Å². The van der Waals surface area contributed by atoms with Crippen molar-refractivity contribution in [3.05, 3.63) is 12.4 Å². The van der Waals surface area contributed by atoms with Gasteiger partial charge in [-0.2, -0.15) is 4.98 Å². The van der Waals surface area contributed by atoms with Crippen LogP contribution in [0.15, 0.2) is 12.4 Å². The van der Waals surface area contributed by atoms with Crippen molar-refractivity contribution in [1.82, 2.24) is 9.97 Å². The van der Waals surface area contributed by atoms with Gasteiger partial charge in [-0.3, -0.25) is 9.78 Å². The van der Waals surface area contributed by atoms with Gasteiger partial charge in [-0.1, -0.05) is 6.92 Å². The summed E-state index contributed by atoms with van der Waals surface area (Å²) in [6.07, 6.45) is 4.03. The Kier molecular flexibility index (Phi) is 4.73. The maximum Gasteiger partial charge on any atom is 0.311 e. The molecule has 1 aromatic heterocycles. The number of aliphatic carboxylic acids is 1. The predicted octanol–water partition coefficient (Wildman–Crippen LogP) is 0.801. The first-order valence-electron chi connectivity index (χ1n) is 6.61. The first kappa shape index (κ1) is 14.5. The van der Waals surface area contributed by atoms with Crippen molar-refractivity contribution in [2.45, 2.75) is 19.4 Å². The van der Waals surface area contributed by atoms with Crippen LogP contribution in [-0.4, -0.2) is 54.0 Å². The minimum Gasteiger partial charge on any atom is -0.481 e. The highest BCUT2D eigenvalue weighted by atomic mass is 16.5. The molecule has 1 aliphatic heterocycles. The number of anilines is 1.